The molecule has 200 valence electrons. The molecule has 0 radical (unpaired) electrons. The van der Waals surface area contributed by atoms with Gasteiger partial charge < -0.3 is 11.1 Å². The van der Waals surface area contributed by atoms with Crippen molar-refractivity contribution < 1.29 is 43.3 Å². The molecule has 0 N–H and O–H groups in total. The van der Waals surface area contributed by atoms with Crippen LogP contribution < -0.4 is 0 Å². The largest absolute Gasteiger partial charge is 0.495 e. The molecule has 0 fully saturated rings. The lowest BCUT2D eigenvalue weighted by atomic mass is 10.3. The third kappa shape index (κ3) is 9.67. The molecule has 12 nitrogen and oxygen atoms in total. The van der Waals surface area contributed by atoms with Crippen molar-refractivity contribution in [2.24, 2.45) is 11.8 Å². The van der Waals surface area contributed by atoms with Crippen molar-refractivity contribution in [2.75, 3.05) is 11.5 Å². The molecule has 0 saturated carbocycles. The first-order chi connectivity index (χ1) is 15.2. The molecule has 34 heavy (non-hydrogen) atoms. The fraction of sp³-hybridized carbons (Fsp3) is 0.889. The Balaban J connectivity index is 0. The van der Waals surface area contributed by atoms with Crippen LogP contribution in [0.4, 0.5) is 0 Å². The molecule has 0 aliphatic rings. The van der Waals surface area contributed by atoms with Crippen LogP contribution in [0.15, 0.2) is 0 Å². The van der Waals surface area contributed by atoms with Gasteiger partial charge in [0.25, 0.3) is 39.3 Å². The summed E-state index contributed by atoms with van der Waals surface area (Å²) < 4.78 is 92.2. The van der Waals surface area contributed by atoms with Crippen LogP contribution >= 0.6 is 0 Å². The topological polar surface area (TPSA) is 209 Å². The molecular weight excluding hydrogens is 528 g/mol. The third-order valence-corrected chi connectivity index (χ3v) is 14.8. The van der Waals surface area contributed by atoms with Gasteiger partial charge in [-0.05, 0) is 38.5 Å². The first kappa shape index (κ1) is 34.7. The van der Waals surface area contributed by atoms with Crippen LogP contribution in [0.1, 0.15) is 68.2 Å². The SMILES string of the molecule is CC(C)CS(=O)(=O)C(=[N+]=[N-])S(=O)(=O)CC(C)C.CCC(C)S(=O)(=O)C(=[N+]=[N-])S(=O)(=O)C(C)CC. The average molecular weight is 565 g/mol. The van der Waals surface area contributed by atoms with Gasteiger partial charge in [-0.2, -0.15) is 0 Å². The lowest BCUT2D eigenvalue weighted by Crippen LogP contribution is -2.37. The highest BCUT2D eigenvalue weighted by Crippen LogP contribution is 2.16. The summed E-state index contributed by atoms with van der Waals surface area (Å²) >= 11 is 0. The Bertz CT molecular complexity index is 1140. The third-order valence-electron chi connectivity index (χ3n) is 4.50. The molecule has 2 atom stereocenters. The molecule has 0 amide bonds. The summed E-state index contributed by atoms with van der Waals surface area (Å²) in [4.78, 5) is 4.99. The summed E-state index contributed by atoms with van der Waals surface area (Å²) in [6, 6.07) is 0. The normalized spacial score (nSPS) is 14.4. The smallest absolute Gasteiger partial charge is 0.359 e. The Hall–Kier alpha value is -1.44. The van der Waals surface area contributed by atoms with Crippen LogP contribution in [0.25, 0.3) is 11.1 Å². The number of sulfone groups is 4. The van der Waals surface area contributed by atoms with E-state index in [4.69, 9.17) is 11.1 Å². The lowest BCUT2D eigenvalue weighted by Gasteiger charge is -2.10. The van der Waals surface area contributed by atoms with E-state index in [9.17, 15) is 33.7 Å². The average Bonchev–Trinajstić information content (AvgIpc) is 2.64. The fourth-order valence-electron chi connectivity index (χ4n) is 2.40. The predicted octanol–water partition coefficient (Wildman–Crippen LogP) is 1.71. The number of rotatable bonds is 8. The summed E-state index contributed by atoms with van der Waals surface area (Å²) in [6.07, 6.45) is 0.495. The van der Waals surface area contributed by atoms with E-state index in [-0.39, 0.29) is 36.2 Å². The minimum atomic E-state index is -4.10. The second-order valence-corrected chi connectivity index (χ2v) is 17.6. The van der Waals surface area contributed by atoms with E-state index in [1.807, 2.05) is 0 Å². The molecule has 0 aliphatic heterocycles. The van der Waals surface area contributed by atoms with Crippen LogP contribution in [0.5, 0.6) is 0 Å². The number of hydrogen-bond acceptors (Lipinski definition) is 8. The summed E-state index contributed by atoms with van der Waals surface area (Å²) in [6.45, 7) is 12.6. The molecule has 0 aliphatic carbocycles. The highest BCUT2D eigenvalue weighted by Gasteiger charge is 2.46. The molecular formula is C18H36N4O8S4. The Morgan fingerprint density at radius 1 is 0.588 bits per heavy atom. The van der Waals surface area contributed by atoms with Gasteiger partial charge in [0.2, 0.25) is 0 Å². The van der Waals surface area contributed by atoms with Crippen molar-refractivity contribution in [3.8, 4) is 0 Å². The zero-order valence-electron chi connectivity index (χ0n) is 20.8. The van der Waals surface area contributed by atoms with Crippen LogP contribution in [0.2, 0.25) is 0 Å². The summed E-state index contributed by atoms with van der Waals surface area (Å²) in [5.41, 5.74) is 17.4. The molecule has 0 aromatic heterocycles. The van der Waals surface area contributed by atoms with E-state index >= 15 is 0 Å². The minimum absolute atomic E-state index is 0.244. The highest BCUT2D eigenvalue weighted by molar-refractivity contribution is 8.31. The van der Waals surface area contributed by atoms with Crippen molar-refractivity contribution in [3.63, 3.8) is 0 Å². The van der Waals surface area contributed by atoms with Gasteiger partial charge in [0.1, 0.15) is 0 Å². The Morgan fingerprint density at radius 3 is 1.03 bits per heavy atom. The van der Waals surface area contributed by atoms with Gasteiger partial charge in [-0.3, -0.25) is 0 Å². The second-order valence-electron chi connectivity index (χ2n) is 8.61. The molecule has 2 unspecified atom stereocenters. The quantitative estimate of drug-likeness (QED) is 0.183. The van der Waals surface area contributed by atoms with E-state index < -0.39 is 58.6 Å². The number of nitrogens with zero attached hydrogens (tertiary/aromatic N) is 4. The molecule has 0 rings (SSSR count). The zero-order valence-corrected chi connectivity index (χ0v) is 24.1. The highest BCUT2D eigenvalue weighted by atomic mass is 32.3. The van der Waals surface area contributed by atoms with Crippen molar-refractivity contribution in [1.29, 1.82) is 0 Å². The van der Waals surface area contributed by atoms with Gasteiger partial charge in [-0.15, -0.1) is 9.58 Å². The van der Waals surface area contributed by atoms with Crippen LogP contribution in [0, 0.1) is 11.8 Å². The summed E-state index contributed by atoms with van der Waals surface area (Å²) in [5.74, 6) is -1.20. The minimum Gasteiger partial charge on any atom is -0.359 e. The van der Waals surface area contributed by atoms with Crippen molar-refractivity contribution in [1.82, 2.24) is 0 Å². The van der Waals surface area contributed by atoms with Gasteiger partial charge in [0, 0.05) is 0 Å². The summed E-state index contributed by atoms with van der Waals surface area (Å²) in [7, 11) is -16.3. The van der Waals surface area contributed by atoms with Gasteiger partial charge in [-0.1, -0.05) is 41.5 Å². The van der Waals surface area contributed by atoms with E-state index in [2.05, 4.69) is 9.58 Å². The Labute approximate surface area is 204 Å². The van der Waals surface area contributed by atoms with E-state index in [1.54, 1.807) is 41.5 Å². The van der Waals surface area contributed by atoms with Gasteiger partial charge in [-0.25, -0.2) is 33.7 Å². The lowest BCUT2D eigenvalue weighted by molar-refractivity contribution is 0.00341. The maximum atomic E-state index is 11.9. The summed E-state index contributed by atoms with van der Waals surface area (Å²) in [5, 5.41) is -1.79. The van der Waals surface area contributed by atoms with Crippen molar-refractivity contribution in [2.45, 2.75) is 78.7 Å². The van der Waals surface area contributed by atoms with E-state index in [0.29, 0.717) is 0 Å². The van der Waals surface area contributed by atoms with E-state index in [1.165, 1.54) is 13.8 Å². The monoisotopic (exact) mass is 564 g/mol. The predicted molar refractivity (Wildman–Crippen MR) is 132 cm³/mol. The number of hydrogen-bond donors (Lipinski definition) is 0. The molecule has 0 spiro atoms. The molecule has 16 heteroatoms. The van der Waals surface area contributed by atoms with Crippen LogP contribution in [0.3, 0.4) is 0 Å². The van der Waals surface area contributed by atoms with E-state index in [0.717, 1.165) is 0 Å². The molecule has 0 aromatic carbocycles. The standard InChI is InChI=1S/2C9H18N2O4S2/c1-7(2)5-16(12,13)9(11-10)17(14,15)6-8(3)4;1-5-7(3)16(12,13)9(11-10)17(14,15)8(4)6-2/h2*7-8H,5-6H2,1-4H3. The maximum absolute atomic E-state index is 11.9. The zero-order chi connectivity index (χ0) is 27.7. The first-order valence-electron chi connectivity index (χ1n) is 10.6. The molecule has 0 bridgehead atoms. The fourth-order valence-corrected chi connectivity index (χ4v) is 10.7. The van der Waals surface area contributed by atoms with Crippen molar-refractivity contribution in [3.05, 3.63) is 11.1 Å². The van der Waals surface area contributed by atoms with Gasteiger partial charge >= 0.3 is 8.75 Å². The maximum Gasteiger partial charge on any atom is 0.495 e. The molecule has 0 saturated heterocycles. The first-order valence-corrected chi connectivity index (χ1v) is 17.0. The van der Waals surface area contributed by atoms with Crippen LogP contribution in [-0.4, -0.2) is 74.0 Å². The van der Waals surface area contributed by atoms with Crippen molar-refractivity contribution >= 4 is 48.1 Å². The Morgan fingerprint density at radius 2 is 0.853 bits per heavy atom. The molecule has 0 heterocycles. The van der Waals surface area contributed by atoms with Gasteiger partial charge in [0.05, 0.1) is 22.0 Å². The van der Waals surface area contributed by atoms with Gasteiger partial charge in [0.15, 0.2) is 0 Å². The second kappa shape index (κ2) is 13.6. The van der Waals surface area contributed by atoms with Crippen LogP contribution in [-0.2, 0) is 39.3 Å². The molecule has 0 aromatic rings. The Kier molecular flexibility index (Phi) is 13.9.